The number of piperidine rings is 2. The van der Waals surface area contributed by atoms with E-state index in [1.54, 1.807) is 11.0 Å². The van der Waals surface area contributed by atoms with Crippen molar-refractivity contribution in [3.05, 3.63) is 59.3 Å². The Morgan fingerprint density at radius 1 is 0.920 bits per heavy atom. The number of rotatable bonds is 6. The summed E-state index contributed by atoms with van der Waals surface area (Å²) in [5.74, 6) is -0.417. The number of para-hydroxylation sites is 1. The van der Waals surface area contributed by atoms with Crippen LogP contribution in [0.4, 0.5) is 28.4 Å². The van der Waals surface area contributed by atoms with E-state index < -0.39 is 29.8 Å². The highest BCUT2D eigenvalue weighted by Crippen LogP contribution is 2.35. The van der Waals surface area contributed by atoms with Crippen molar-refractivity contribution in [2.45, 2.75) is 62.9 Å². The maximum Gasteiger partial charge on any atom is 0.418 e. The highest BCUT2D eigenvalue weighted by atomic mass is 19.4. The standard InChI is InChI=1S/C35H43F3N8O4/c36-35(37,38)28-20-23(19-25-22-40-42-31(25)28)21-30(32(47)44-17-15-43(16-18-44)26-5-10-39-11-6-26)50-34(49)45-12-8-27(9-13-45)46-14-7-24-3-1-2-4-29(24)41-33(46)48/h1-4,19-20,22,26-27,30,39H,5-18,21H2,(H,40,42)(H,41,48)/t30-/m1/s1. The number of alkyl halides is 3. The van der Waals surface area contributed by atoms with Crippen LogP contribution < -0.4 is 10.6 Å². The molecule has 3 fully saturated rings. The van der Waals surface area contributed by atoms with E-state index in [-0.39, 0.29) is 35.0 Å². The molecule has 1 aromatic heterocycles. The van der Waals surface area contributed by atoms with E-state index in [1.165, 1.54) is 11.1 Å². The van der Waals surface area contributed by atoms with Crippen molar-refractivity contribution in [3.63, 3.8) is 0 Å². The number of hydrogen-bond acceptors (Lipinski definition) is 7. The summed E-state index contributed by atoms with van der Waals surface area (Å²) in [6.45, 7) is 5.35. The largest absolute Gasteiger partial charge is 0.436 e. The number of benzene rings is 2. The molecule has 1 atom stereocenters. The number of urea groups is 1. The lowest BCUT2D eigenvalue weighted by Crippen LogP contribution is -2.56. The number of nitrogens with zero attached hydrogens (tertiary/aromatic N) is 5. The smallest absolute Gasteiger partial charge is 0.418 e. The minimum Gasteiger partial charge on any atom is -0.436 e. The zero-order valence-electron chi connectivity index (χ0n) is 27.9. The molecule has 0 aliphatic carbocycles. The first kappa shape index (κ1) is 34.1. The number of nitrogens with one attached hydrogen (secondary N) is 3. The molecule has 4 amide bonds. The van der Waals surface area contributed by atoms with Gasteiger partial charge in [0.1, 0.15) is 0 Å². The molecule has 0 saturated carbocycles. The van der Waals surface area contributed by atoms with Crippen LogP contribution in [0.2, 0.25) is 0 Å². The second kappa shape index (κ2) is 14.5. The van der Waals surface area contributed by atoms with E-state index in [9.17, 15) is 27.6 Å². The monoisotopic (exact) mass is 696 g/mol. The average molecular weight is 697 g/mol. The molecule has 12 nitrogen and oxygen atoms in total. The normalized spacial score (nSPS) is 20.7. The SMILES string of the molecule is O=C(O[C@H](Cc1cc(C(F)(F)F)c2[nH]ncc2c1)C(=O)N1CCN(C2CCNCC2)CC1)N1CCC(N2CCc3ccccc3NC2=O)CC1. The molecule has 2 aromatic carbocycles. The van der Waals surface area contributed by atoms with Gasteiger partial charge in [0, 0.05) is 75.4 Å². The number of halogens is 3. The van der Waals surface area contributed by atoms with Crippen molar-refractivity contribution in [3.8, 4) is 0 Å². The lowest BCUT2D eigenvalue weighted by molar-refractivity contribution is -0.143. The first-order valence-corrected chi connectivity index (χ1v) is 17.5. The third-order valence-electron chi connectivity index (χ3n) is 10.6. The van der Waals surface area contributed by atoms with Gasteiger partial charge in [-0.3, -0.25) is 14.8 Å². The Bertz CT molecular complexity index is 1690. The van der Waals surface area contributed by atoms with Gasteiger partial charge in [-0.2, -0.15) is 18.3 Å². The van der Waals surface area contributed by atoms with Crippen molar-refractivity contribution < 1.29 is 32.3 Å². The van der Waals surface area contributed by atoms with E-state index in [2.05, 4.69) is 25.7 Å². The molecule has 0 bridgehead atoms. The van der Waals surface area contributed by atoms with Gasteiger partial charge in [-0.05, 0) is 74.5 Å². The number of H-pyrrole nitrogens is 1. The van der Waals surface area contributed by atoms with Crippen molar-refractivity contribution in [1.82, 2.24) is 35.1 Å². The Morgan fingerprint density at radius 3 is 2.40 bits per heavy atom. The molecule has 4 aliphatic heterocycles. The van der Waals surface area contributed by atoms with E-state index >= 15 is 0 Å². The number of hydrogen-bond donors (Lipinski definition) is 3. The molecule has 3 saturated heterocycles. The molecular formula is C35H43F3N8O4. The summed E-state index contributed by atoms with van der Waals surface area (Å²) >= 11 is 0. The summed E-state index contributed by atoms with van der Waals surface area (Å²) in [5, 5.41) is 12.8. The van der Waals surface area contributed by atoms with Gasteiger partial charge in [0.2, 0.25) is 0 Å². The molecule has 0 unspecified atom stereocenters. The van der Waals surface area contributed by atoms with Crippen LogP contribution in [0.3, 0.4) is 0 Å². The Labute approximate surface area is 288 Å². The van der Waals surface area contributed by atoms with Gasteiger partial charge in [-0.15, -0.1) is 0 Å². The molecule has 0 spiro atoms. The van der Waals surface area contributed by atoms with Gasteiger partial charge >= 0.3 is 18.3 Å². The number of aromatic nitrogens is 2. The van der Waals surface area contributed by atoms with Gasteiger partial charge in [0.25, 0.3) is 5.91 Å². The second-order valence-electron chi connectivity index (χ2n) is 13.6. The summed E-state index contributed by atoms with van der Waals surface area (Å²) in [7, 11) is 0. The third kappa shape index (κ3) is 7.38. The fraction of sp³-hybridized carbons (Fsp3) is 0.543. The number of likely N-dealkylation sites (tertiary alicyclic amines) is 1. The number of ether oxygens (including phenoxy) is 1. The van der Waals surface area contributed by atoms with Gasteiger partial charge < -0.3 is 30.1 Å². The van der Waals surface area contributed by atoms with Gasteiger partial charge in [-0.1, -0.05) is 18.2 Å². The number of piperazine rings is 1. The first-order valence-electron chi connectivity index (χ1n) is 17.5. The number of amides is 4. The van der Waals surface area contributed by atoms with Gasteiger partial charge in [-0.25, -0.2) is 9.59 Å². The lowest BCUT2D eigenvalue weighted by atomic mass is 10.0. The fourth-order valence-corrected chi connectivity index (χ4v) is 7.83. The van der Waals surface area contributed by atoms with E-state index in [0.29, 0.717) is 71.1 Å². The molecule has 5 heterocycles. The summed E-state index contributed by atoms with van der Waals surface area (Å²) in [6, 6.07) is 10.5. The van der Waals surface area contributed by atoms with E-state index in [0.717, 1.165) is 43.2 Å². The number of carbonyl (C=O) groups excluding carboxylic acids is 3. The number of anilines is 1. The molecular weight excluding hydrogens is 653 g/mol. The first-order chi connectivity index (χ1) is 24.1. The average Bonchev–Trinajstić information content (AvgIpc) is 3.53. The van der Waals surface area contributed by atoms with Crippen LogP contribution in [0.5, 0.6) is 0 Å². The number of carbonyl (C=O) groups is 3. The molecule has 7 rings (SSSR count). The third-order valence-corrected chi connectivity index (χ3v) is 10.6. The Balaban J connectivity index is 1.03. The summed E-state index contributed by atoms with van der Waals surface area (Å²) < 4.78 is 48.0. The second-order valence-corrected chi connectivity index (χ2v) is 13.6. The van der Waals surface area contributed by atoms with Crippen LogP contribution >= 0.6 is 0 Å². The molecule has 4 aliphatic rings. The predicted molar refractivity (Wildman–Crippen MR) is 180 cm³/mol. The van der Waals surface area contributed by atoms with Gasteiger partial charge in [0.05, 0.1) is 17.3 Å². The van der Waals surface area contributed by atoms with E-state index in [1.807, 2.05) is 29.2 Å². The van der Waals surface area contributed by atoms with Crippen LogP contribution in [0, 0.1) is 0 Å². The Kier molecular flexibility index (Phi) is 9.87. The Morgan fingerprint density at radius 2 is 1.66 bits per heavy atom. The van der Waals surface area contributed by atoms with E-state index in [4.69, 9.17) is 4.74 Å². The summed E-state index contributed by atoms with van der Waals surface area (Å²) in [4.78, 5) is 48.1. The zero-order chi connectivity index (χ0) is 34.8. The molecule has 0 radical (unpaired) electrons. The van der Waals surface area contributed by atoms with Crippen LogP contribution in [-0.4, -0.2) is 125 Å². The topological polar surface area (TPSA) is 126 Å². The Hall–Kier alpha value is -4.37. The zero-order valence-corrected chi connectivity index (χ0v) is 27.9. The van der Waals surface area contributed by atoms with Gasteiger partial charge in [0.15, 0.2) is 6.10 Å². The van der Waals surface area contributed by atoms with Crippen molar-refractivity contribution in [2.24, 2.45) is 0 Å². The van der Waals surface area contributed by atoms with Crippen LogP contribution in [-0.2, 0) is 28.5 Å². The maximum absolute atomic E-state index is 14.0. The lowest BCUT2D eigenvalue weighted by Gasteiger charge is -2.41. The number of fused-ring (bicyclic) bond motifs is 2. The van der Waals surface area contributed by atoms with Crippen molar-refractivity contribution in [1.29, 1.82) is 0 Å². The van der Waals surface area contributed by atoms with Crippen LogP contribution in [0.15, 0.2) is 42.6 Å². The number of aromatic amines is 1. The minimum absolute atomic E-state index is 0.0792. The molecule has 268 valence electrons. The molecule has 50 heavy (non-hydrogen) atoms. The highest BCUT2D eigenvalue weighted by Gasteiger charge is 2.38. The maximum atomic E-state index is 14.0. The quantitative estimate of drug-likeness (QED) is 0.355. The van der Waals surface area contributed by atoms with Crippen molar-refractivity contribution >= 4 is 34.6 Å². The fourth-order valence-electron chi connectivity index (χ4n) is 7.83. The van der Waals surface area contributed by atoms with Crippen LogP contribution in [0.25, 0.3) is 10.9 Å². The highest BCUT2D eigenvalue weighted by molar-refractivity contribution is 5.91. The van der Waals surface area contributed by atoms with Crippen molar-refractivity contribution in [2.75, 3.05) is 64.2 Å². The summed E-state index contributed by atoms with van der Waals surface area (Å²) in [5.41, 5.74) is 1.07. The molecule has 3 N–H and O–H groups in total. The van der Waals surface area contributed by atoms with Crippen LogP contribution in [0.1, 0.15) is 42.4 Å². The molecule has 3 aromatic rings. The molecule has 15 heteroatoms. The predicted octanol–water partition coefficient (Wildman–Crippen LogP) is 4.08. The minimum atomic E-state index is -4.65. The summed E-state index contributed by atoms with van der Waals surface area (Å²) in [6.07, 6.45) is -1.71.